The molecule has 5 rings (SSSR count). The number of nitrogens with zero attached hydrogens (tertiary/aromatic N) is 3. The van der Waals surface area contributed by atoms with Crippen LogP contribution in [0.25, 0.3) is 21.6 Å². The van der Waals surface area contributed by atoms with Gasteiger partial charge in [-0.15, -0.1) is 0 Å². The molecule has 32 heavy (non-hydrogen) atoms. The molecule has 1 fully saturated rings. The minimum atomic E-state index is 0.104. The number of aromatic nitrogens is 3. The van der Waals surface area contributed by atoms with E-state index in [2.05, 4.69) is 80.3 Å². The number of aromatic amines is 1. The second kappa shape index (κ2) is 7.32. The molecule has 0 bridgehead atoms. The van der Waals surface area contributed by atoms with E-state index < -0.39 is 0 Å². The number of aryl methyl sites for hydroxylation is 2. The summed E-state index contributed by atoms with van der Waals surface area (Å²) in [6.07, 6.45) is 2.19. The highest BCUT2D eigenvalue weighted by atomic mass is 32.1. The third-order valence-corrected chi connectivity index (χ3v) is 7.93. The van der Waals surface area contributed by atoms with E-state index in [1.165, 1.54) is 4.88 Å². The predicted octanol–water partition coefficient (Wildman–Crippen LogP) is 5.45. The highest BCUT2D eigenvalue weighted by molar-refractivity contribution is 7.19. The Morgan fingerprint density at radius 3 is 2.50 bits per heavy atom. The Bertz CT molecular complexity index is 1140. The Kier molecular flexibility index (Phi) is 4.91. The molecule has 4 heterocycles. The molecule has 0 radical (unpaired) electrons. The Labute approximate surface area is 194 Å². The van der Waals surface area contributed by atoms with E-state index in [9.17, 15) is 0 Å². The average Bonchev–Trinajstić information content (AvgIpc) is 3.27. The van der Waals surface area contributed by atoms with Gasteiger partial charge in [-0.1, -0.05) is 17.4 Å². The number of rotatable bonds is 3. The van der Waals surface area contributed by atoms with Crippen LogP contribution in [0.5, 0.6) is 5.75 Å². The molecule has 2 aromatic heterocycles. The van der Waals surface area contributed by atoms with Crippen molar-refractivity contribution >= 4 is 16.5 Å². The molecule has 0 atom stereocenters. The number of hydrogen-bond acceptors (Lipinski definition) is 6. The number of nitrogens with one attached hydrogen (secondary N) is 2. The minimum absolute atomic E-state index is 0.104. The lowest BCUT2D eigenvalue weighted by molar-refractivity contribution is 0.161. The molecule has 0 spiro atoms. The van der Waals surface area contributed by atoms with Crippen LogP contribution >= 0.6 is 11.3 Å². The first-order chi connectivity index (χ1) is 15.0. The molecule has 3 aromatic rings. The van der Waals surface area contributed by atoms with Crippen molar-refractivity contribution in [2.24, 2.45) is 0 Å². The normalized spacial score (nSPS) is 19.2. The minimum Gasteiger partial charge on any atom is -0.487 e. The standard InChI is InChI=1S/C25H33N5OS/c1-14-21(15(2)28-27-14)16-8-9-18-20(10-16)31-13-19-22(18)32-23(26-19)30(7)17-11-24(3,4)29-25(5,6)12-17/h8-10,17,29H,11-13H2,1-7H3,(H,27,28). The van der Waals surface area contributed by atoms with Gasteiger partial charge in [0.05, 0.1) is 16.3 Å². The fourth-order valence-electron chi connectivity index (χ4n) is 5.60. The Balaban J connectivity index is 1.46. The molecular weight excluding hydrogens is 418 g/mol. The van der Waals surface area contributed by atoms with Gasteiger partial charge in [0.15, 0.2) is 5.13 Å². The third kappa shape index (κ3) is 3.71. The summed E-state index contributed by atoms with van der Waals surface area (Å²) >= 11 is 1.79. The summed E-state index contributed by atoms with van der Waals surface area (Å²) in [4.78, 5) is 8.62. The molecule has 0 amide bonds. The summed E-state index contributed by atoms with van der Waals surface area (Å²) in [6, 6.07) is 6.93. The van der Waals surface area contributed by atoms with Gasteiger partial charge >= 0.3 is 0 Å². The molecule has 170 valence electrons. The van der Waals surface area contributed by atoms with Gasteiger partial charge in [-0.25, -0.2) is 4.98 Å². The topological polar surface area (TPSA) is 66.1 Å². The first-order valence-corrected chi connectivity index (χ1v) is 12.2. The van der Waals surface area contributed by atoms with Crippen LogP contribution < -0.4 is 15.0 Å². The van der Waals surface area contributed by atoms with Crippen LogP contribution in [0.4, 0.5) is 5.13 Å². The van der Waals surface area contributed by atoms with Gasteiger partial charge in [0, 0.05) is 41.0 Å². The van der Waals surface area contributed by atoms with E-state index in [4.69, 9.17) is 9.72 Å². The van der Waals surface area contributed by atoms with Crippen LogP contribution in [-0.4, -0.2) is 39.3 Å². The van der Waals surface area contributed by atoms with Gasteiger partial charge in [-0.2, -0.15) is 5.10 Å². The Morgan fingerprint density at radius 2 is 1.84 bits per heavy atom. The number of anilines is 1. The van der Waals surface area contributed by atoms with Crippen molar-refractivity contribution in [2.75, 3.05) is 11.9 Å². The molecule has 2 N–H and O–H groups in total. The fourth-order valence-corrected chi connectivity index (χ4v) is 6.74. The number of H-pyrrole nitrogens is 1. The summed E-state index contributed by atoms with van der Waals surface area (Å²) < 4.78 is 6.16. The first kappa shape index (κ1) is 21.5. The van der Waals surface area contributed by atoms with Crippen LogP contribution in [0.2, 0.25) is 0 Å². The molecule has 2 aliphatic heterocycles. The quantitative estimate of drug-likeness (QED) is 0.554. The molecule has 2 aliphatic rings. The predicted molar refractivity (Wildman–Crippen MR) is 132 cm³/mol. The molecular formula is C25H33N5OS. The largest absolute Gasteiger partial charge is 0.487 e. The first-order valence-electron chi connectivity index (χ1n) is 11.3. The lowest BCUT2D eigenvalue weighted by Gasteiger charge is -2.48. The van der Waals surface area contributed by atoms with Crippen LogP contribution in [0.1, 0.15) is 57.6 Å². The van der Waals surface area contributed by atoms with Crippen LogP contribution in [0, 0.1) is 13.8 Å². The molecule has 0 saturated carbocycles. The maximum absolute atomic E-state index is 6.16. The van der Waals surface area contributed by atoms with Crippen molar-refractivity contribution in [1.29, 1.82) is 0 Å². The zero-order valence-corrected chi connectivity index (χ0v) is 20.9. The molecule has 0 aliphatic carbocycles. The average molecular weight is 452 g/mol. The number of hydrogen-bond donors (Lipinski definition) is 2. The molecule has 0 unspecified atom stereocenters. The highest BCUT2D eigenvalue weighted by Crippen LogP contribution is 2.46. The zero-order valence-electron chi connectivity index (χ0n) is 20.1. The molecule has 7 heteroatoms. The lowest BCUT2D eigenvalue weighted by atomic mass is 9.79. The lowest BCUT2D eigenvalue weighted by Crippen LogP contribution is -2.61. The molecule has 1 aromatic carbocycles. The van der Waals surface area contributed by atoms with Crippen LogP contribution in [0.3, 0.4) is 0 Å². The maximum atomic E-state index is 6.16. The molecule has 1 saturated heterocycles. The van der Waals surface area contributed by atoms with Gasteiger partial charge in [-0.3, -0.25) is 5.10 Å². The van der Waals surface area contributed by atoms with E-state index in [0.717, 1.165) is 57.5 Å². The van der Waals surface area contributed by atoms with Crippen molar-refractivity contribution in [1.82, 2.24) is 20.5 Å². The van der Waals surface area contributed by atoms with Gasteiger partial charge in [-0.05, 0) is 72.1 Å². The van der Waals surface area contributed by atoms with E-state index in [1.807, 2.05) is 6.92 Å². The Morgan fingerprint density at radius 1 is 1.12 bits per heavy atom. The summed E-state index contributed by atoms with van der Waals surface area (Å²) in [5.74, 6) is 0.928. The van der Waals surface area contributed by atoms with E-state index in [1.54, 1.807) is 11.3 Å². The van der Waals surface area contributed by atoms with Gasteiger partial charge in [0.25, 0.3) is 0 Å². The monoisotopic (exact) mass is 451 g/mol. The summed E-state index contributed by atoms with van der Waals surface area (Å²) in [6.45, 7) is 13.8. The Hall–Kier alpha value is -2.38. The fraction of sp³-hybridized carbons (Fsp3) is 0.520. The number of piperidine rings is 1. The zero-order chi connectivity index (χ0) is 22.8. The number of thiazole rings is 1. The van der Waals surface area contributed by atoms with Crippen molar-refractivity contribution in [3.05, 3.63) is 35.3 Å². The molecule has 6 nitrogen and oxygen atoms in total. The van der Waals surface area contributed by atoms with Crippen molar-refractivity contribution in [3.8, 4) is 27.3 Å². The maximum Gasteiger partial charge on any atom is 0.186 e. The van der Waals surface area contributed by atoms with Gasteiger partial charge < -0.3 is 15.0 Å². The van der Waals surface area contributed by atoms with Gasteiger partial charge in [0.2, 0.25) is 0 Å². The van der Waals surface area contributed by atoms with E-state index in [0.29, 0.717) is 12.6 Å². The van der Waals surface area contributed by atoms with Crippen molar-refractivity contribution < 1.29 is 4.74 Å². The SMILES string of the molecule is Cc1n[nH]c(C)c1-c1ccc2c(c1)OCc1nc(N(C)C3CC(C)(C)NC(C)(C)C3)sc1-2. The van der Waals surface area contributed by atoms with Crippen molar-refractivity contribution in [2.45, 2.75) is 78.1 Å². The second-order valence-corrected chi connectivity index (χ2v) is 11.6. The van der Waals surface area contributed by atoms with Crippen LogP contribution in [0.15, 0.2) is 18.2 Å². The van der Waals surface area contributed by atoms with E-state index >= 15 is 0 Å². The van der Waals surface area contributed by atoms with Crippen molar-refractivity contribution in [3.63, 3.8) is 0 Å². The van der Waals surface area contributed by atoms with E-state index in [-0.39, 0.29) is 11.1 Å². The van der Waals surface area contributed by atoms with Gasteiger partial charge in [0.1, 0.15) is 12.4 Å². The number of ether oxygens (including phenoxy) is 1. The van der Waals surface area contributed by atoms with Crippen LogP contribution in [-0.2, 0) is 6.61 Å². The number of benzene rings is 1. The number of fused-ring (bicyclic) bond motifs is 3. The highest BCUT2D eigenvalue weighted by Gasteiger charge is 2.40. The second-order valence-electron chi connectivity index (χ2n) is 10.6. The smallest absolute Gasteiger partial charge is 0.186 e. The summed E-state index contributed by atoms with van der Waals surface area (Å²) in [5.41, 5.74) is 6.76. The summed E-state index contributed by atoms with van der Waals surface area (Å²) in [7, 11) is 2.20. The summed E-state index contributed by atoms with van der Waals surface area (Å²) in [5, 5.41) is 12.3. The third-order valence-electron chi connectivity index (χ3n) is 6.71.